The summed E-state index contributed by atoms with van der Waals surface area (Å²) >= 11 is 0. The Labute approximate surface area is 122 Å². The zero-order valence-electron chi connectivity index (χ0n) is 11.6. The number of carboxylic acid groups (broad SMARTS) is 1. The van der Waals surface area contributed by atoms with Gasteiger partial charge in [0.1, 0.15) is 6.04 Å². The van der Waals surface area contributed by atoms with Crippen LogP contribution in [0.5, 0.6) is 0 Å². The second kappa shape index (κ2) is 8.93. The molecule has 0 radical (unpaired) electrons. The van der Waals surface area contributed by atoms with Gasteiger partial charge in [0.2, 0.25) is 0 Å². The van der Waals surface area contributed by atoms with Gasteiger partial charge in [-0.15, -0.1) is 0 Å². The van der Waals surface area contributed by atoms with E-state index >= 15 is 0 Å². The molecule has 0 saturated carbocycles. The number of nitrogens with zero attached hydrogens (tertiary/aromatic N) is 1. The number of aliphatic hydroxyl groups excluding tert-OH is 2. The van der Waals surface area contributed by atoms with Crippen LogP contribution >= 0.6 is 0 Å². The van der Waals surface area contributed by atoms with E-state index in [4.69, 9.17) is 15.3 Å². The van der Waals surface area contributed by atoms with Crippen molar-refractivity contribution in [2.75, 3.05) is 19.8 Å². The van der Waals surface area contributed by atoms with E-state index in [1.807, 2.05) is 30.3 Å². The molecule has 0 heterocycles. The first-order chi connectivity index (χ1) is 10.1. The van der Waals surface area contributed by atoms with Gasteiger partial charge < -0.3 is 25.5 Å². The first-order valence-electron chi connectivity index (χ1n) is 6.62. The summed E-state index contributed by atoms with van der Waals surface area (Å²) < 4.78 is 0. The highest BCUT2D eigenvalue weighted by atomic mass is 16.4. The number of hydrogen-bond donors (Lipinski definition) is 4. The van der Waals surface area contributed by atoms with E-state index in [2.05, 4.69) is 5.32 Å². The molecule has 0 aliphatic rings. The minimum atomic E-state index is -1.21. The Bertz CT molecular complexity index is 452. The van der Waals surface area contributed by atoms with Crippen LogP contribution in [0.25, 0.3) is 0 Å². The lowest BCUT2D eigenvalue weighted by Crippen LogP contribution is -2.48. The van der Waals surface area contributed by atoms with Crippen LogP contribution in [-0.2, 0) is 11.3 Å². The van der Waals surface area contributed by atoms with Gasteiger partial charge in [-0.2, -0.15) is 0 Å². The SMILES string of the molecule is O=C(O)C(CCO)NC(=O)N(CCO)Cc1ccccc1. The van der Waals surface area contributed by atoms with Crippen molar-refractivity contribution in [2.24, 2.45) is 0 Å². The van der Waals surface area contributed by atoms with Crippen molar-refractivity contribution in [1.29, 1.82) is 0 Å². The van der Waals surface area contributed by atoms with Gasteiger partial charge in [-0.1, -0.05) is 30.3 Å². The van der Waals surface area contributed by atoms with Gasteiger partial charge in [0.15, 0.2) is 0 Å². The van der Waals surface area contributed by atoms with Crippen molar-refractivity contribution in [3.05, 3.63) is 35.9 Å². The Kier molecular flexibility index (Phi) is 7.20. The largest absolute Gasteiger partial charge is 0.480 e. The van der Waals surface area contributed by atoms with Crippen LogP contribution in [0.3, 0.4) is 0 Å². The van der Waals surface area contributed by atoms with Gasteiger partial charge in [-0.05, 0) is 5.56 Å². The highest BCUT2D eigenvalue weighted by Gasteiger charge is 2.22. The fourth-order valence-electron chi connectivity index (χ4n) is 1.80. The summed E-state index contributed by atoms with van der Waals surface area (Å²) in [5.41, 5.74) is 0.870. The molecule has 1 unspecified atom stereocenters. The number of urea groups is 1. The quantitative estimate of drug-likeness (QED) is 0.541. The average Bonchev–Trinajstić information content (AvgIpc) is 2.47. The van der Waals surface area contributed by atoms with E-state index in [1.165, 1.54) is 4.90 Å². The minimum Gasteiger partial charge on any atom is -0.480 e. The van der Waals surface area contributed by atoms with Crippen molar-refractivity contribution in [3.63, 3.8) is 0 Å². The molecule has 0 bridgehead atoms. The van der Waals surface area contributed by atoms with Gasteiger partial charge >= 0.3 is 12.0 Å². The molecule has 7 nitrogen and oxygen atoms in total. The Morgan fingerprint density at radius 1 is 1.14 bits per heavy atom. The first-order valence-corrected chi connectivity index (χ1v) is 6.62. The van der Waals surface area contributed by atoms with Crippen molar-refractivity contribution >= 4 is 12.0 Å². The maximum absolute atomic E-state index is 12.1. The number of hydrogen-bond acceptors (Lipinski definition) is 4. The van der Waals surface area contributed by atoms with Crippen molar-refractivity contribution in [2.45, 2.75) is 19.0 Å². The topological polar surface area (TPSA) is 110 Å². The van der Waals surface area contributed by atoms with E-state index < -0.39 is 18.0 Å². The fraction of sp³-hybridized carbons (Fsp3) is 0.429. The van der Waals surface area contributed by atoms with Crippen LogP contribution in [0.1, 0.15) is 12.0 Å². The lowest BCUT2D eigenvalue weighted by molar-refractivity contribution is -0.139. The Morgan fingerprint density at radius 2 is 1.81 bits per heavy atom. The molecule has 0 saturated heterocycles. The van der Waals surface area contributed by atoms with Crippen molar-refractivity contribution in [3.8, 4) is 0 Å². The first kappa shape index (κ1) is 16.9. The fourth-order valence-corrected chi connectivity index (χ4v) is 1.80. The summed E-state index contributed by atoms with van der Waals surface area (Å²) in [5, 5.41) is 29.1. The molecular weight excluding hydrogens is 276 g/mol. The zero-order valence-corrected chi connectivity index (χ0v) is 11.6. The van der Waals surface area contributed by atoms with Crippen LogP contribution in [0.15, 0.2) is 30.3 Å². The molecule has 116 valence electrons. The van der Waals surface area contributed by atoms with Crippen LogP contribution in [0.4, 0.5) is 4.79 Å². The summed E-state index contributed by atoms with van der Waals surface area (Å²) in [5.74, 6) is -1.21. The van der Waals surface area contributed by atoms with E-state index in [0.717, 1.165) is 5.56 Å². The van der Waals surface area contributed by atoms with Crippen molar-refractivity contribution < 1.29 is 24.9 Å². The normalized spacial score (nSPS) is 11.7. The van der Waals surface area contributed by atoms with Gasteiger partial charge in [0.25, 0.3) is 0 Å². The third-order valence-corrected chi connectivity index (χ3v) is 2.89. The average molecular weight is 296 g/mol. The lowest BCUT2D eigenvalue weighted by Gasteiger charge is -2.24. The number of carbonyl (C=O) groups is 2. The molecule has 1 aromatic carbocycles. The molecule has 1 aromatic rings. The predicted molar refractivity (Wildman–Crippen MR) is 75.6 cm³/mol. The molecule has 1 rings (SSSR count). The maximum atomic E-state index is 12.1. The number of rotatable bonds is 8. The van der Waals surface area contributed by atoms with E-state index in [1.54, 1.807) is 0 Å². The number of aliphatic hydroxyl groups is 2. The number of aliphatic carboxylic acids is 1. The molecule has 0 aromatic heterocycles. The highest BCUT2D eigenvalue weighted by molar-refractivity contribution is 5.82. The van der Waals surface area contributed by atoms with Crippen LogP contribution in [0.2, 0.25) is 0 Å². The minimum absolute atomic E-state index is 0.0701. The van der Waals surface area contributed by atoms with E-state index in [-0.39, 0.29) is 32.7 Å². The third kappa shape index (κ3) is 5.80. The number of amides is 2. The van der Waals surface area contributed by atoms with Gasteiger partial charge in [0.05, 0.1) is 6.61 Å². The van der Waals surface area contributed by atoms with Crippen molar-refractivity contribution in [1.82, 2.24) is 10.2 Å². The smallest absolute Gasteiger partial charge is 0.326 e. The second-order valence-corrected chi connectivity index (χ2v) is 4.48. The second-order valence-electron chi connectivity index (χ2n) is 4.48. The third-order valence-electron chi connectivity index (χ3n) is 2.89. The van der Waals surface area contributed by atoms with E-state index in [0.29, 0.717) is 0 Å². The lowest BCUT2D eigenvalue weighted by atomic mass is 10.2. The summed E-state index contributed by atoms with van der Waals surface area (Å²) in [7, 11) is 0. The number of carbonyl (C=O) groups excluding carboxylic acids is 1. The molecule has 0 aliphatic heterocycles. The number of benzene rings is 1. The summed E-state index contributed by atoms with van der Waals surface area (Å²) in [6, 6.07) is 7.43. The van der Waals surface area contributed by atoms with Gasteiger partial charge in [-0.25, -0.2) is 9.59 Å². The molecule has 1 atom stereocenters. The molecule has 2 amide bonds. The van der Waals surface area contributed by atoms with E-state index in [9.17, 15) is 9.59 Å². The van der Waals surface area contributed by atoms with Gasteiger partial charge in [-0.3, -0.25) is 0 Å². The molecular formula is C14H20N2O5. The molecule has 0 spiro atoms. The Hall–Kier alpha value is -2.12. The molecule has 21 heavy (non-hydrogen) atoms. The van der Waals surface area contributed by atoms with Crippen LogP contribution in [-0.4, -0.2) is 58.0 Å². The molecule has 4 N–H and O–H groups in total. The van der Waals surface area contributed by atoms with Crippen LogP contribution < -0.4 is 5.32 Å². The Morgan fingerprint density at radius 3 is 2.33 bits per heavy atom. The van der Waals surface area contributed by atoms with Crippen LogP contribution in [0, 0.1) is 0 Å². The number of nitrogens with one attached hydrogen (secondary N) is 1. The zero-order chi connectivity index (χ0) is 15.7. The molecule has 0 aliphatic carbocycles. The molecule has 0 fully saturated rings. The molecule has 7 heteroatoms. The monoisotopic (exact) mass is 296 g/mol. The number of carboxylic acids is 1. The maximum Gasteiger partial charge on any atom is 0.326 e. The summed E-state index contributed by atoms with van der Waals surface area (Å²) in [6.45, 7) is -0.210. The summed E-state index contributed by atoms with van der Waals surface area (Å²) in [6.07, 6.45) is -0.0701. The van der Waals surface area contributed by atoms with Gasteiger partial charge in [0, 0.05) is 26.1 Å². The standard InChI is InChI=1S/C14H20N2O5/c17-8-6-12(13(19)20)15-14(21)16(7-9-18)10-11-4-2-1-3-5-11/h1-5,12,17-18H,6-10H2,(H,15,21)(H,19,20). The predicted octanol–water partition coefficient (Wildman–Crippen LogP) is 0.0261. The highest BCUT2D eigenvalue weighted by Crippen LogP contribution is 2.05. The summed E-state index contributed by atoms with van der Waals surface area (Å²) in [4.78, 5) is 24.4. The Balaban J connectivity index is 2.70.